The van der Waals surface area contributed by atoms with Crippen LogP contribution < -0.4 is 0 Å². The highest BCUT2D eigenvalue weighted by atomic mass is 32.2. The maximum Gasteiger partial charge on any atom is 0.161 e. The summed E-state index contributed by atoms with van der Waals surface area (Å²) in [7, 11) is 0. The Kier molecular flexibility index (Phi) is 5.83. The number of carbonyl (C=O) groups is 1. The van der Waals surface area contributed by atoms with Crippen LogP contribution in [0.2, 0.25) is 0 Å². The summed E-state index contributed by atoms with van der Waals surface area (Å²) >= 11 is 1.53. The van der Waals surface area contributed by atoms with Crippen molar-refractivity contribution in [2.45, 2.75) is 38.8 Å². The van der Waals surface area contributed by atoms with Crippen molar-refractivity contribution in [1.82, 2.24) is 19.5 Å². The molecule has 0 saturated heterocycles. The summed E-state index contributed by atoms with van der Waals surface area (Å²) < 4.78 is 2.07. The van der Waals surface area contributed by atoms with E-state index >= 15 is 0 Å². The Bertz CT molecular complexity index is 905. The van der Waals surface area contributed by atoms with Crippen LogP contribution in [-0.2, 0) is 17.8 Å². The molecule has 0 fully saturated rings. The van der Waals surface area contributed by atoms with Crippen LogP contribution in [0.3, 0.4) is 0 Å². The monoisotopic (exact) mass is 366 g/mol. The van der Waals surface area contributed by atoms with Crippen molar-refractivity contribution in [2.75, 3.05) is 5.75 Å². The van der Waals surface area contributed by atoms with Crippen LogP contribution in [0.25, 0.3) is 11.5 Å². The summed E-state index contributed by atoms with van der Waals surface area (Å²) in [5.41, 5.74) is 4.20. The SMILES string of the molecule is CCn1c(SCC(=O)Cc2cc(C)ccc2C)cnc1-c1cnccn1. The number of benzene rings is 1. The molecule has 6 heteroatoms. The van der Waals surface area contributed by atoms with Gasteiger partial charge in [0.25, 0.3) is 0 Å². The lowest BCUT2D eigenvalue weighted by Crippen LogP contribution is -2.08. The predicted octanol–water partition coefficient (Wildman–Crippen LogP) is 3.88. The molecule has 2 aromatic heterocycles. The highest BCUT2D eigenvalue weighted by molar-refractivity contribution is 7.99. The van der Waals surface area contributed by atoms with E-state index in [1.54, 1.807) is 18.6 Å². The zero-order chi connectivity index (χ0) is 18.5. The van der Waals surface area contributed by atoms with Gasteiger partial charge in [0.05, 0.1) is 23.2 Å². The highest BCUT2D eigenvalue weighted by Crippen LogP contribution is 2.25. The van der Waals surface area contributed by atoms with E-state index < -0.39 is 0 Å². The molecule has 0 atom stereocenters. The summed E-state index contributed by atoms with van der Waals surface area (Å²) in [6.07, 6.45) is 7.28. The van der Waals surface area contributed by atoms with Gasteiger partial charge >= 0.3 is 0 Å². The number of hydrogen-bond acceptors (Lipinski definition) is 5. The molecule has 2 heterocycles. The number of carbonyl (C=O) groups excluding carboxylic acids is 1. The molecule has 0 aliphatic heterocycles. The van der Waals surface area contributed by atoms with Crippen molar-refractivity contribution in [2.24, 2.45) is 0 Å². The van der Waals surface area contributed by atoms with Crippen molar-refractivity contribution >= 4 is 17.5 Å². The van der Waals surface area contributed by atoms with Crippen LogP contribution in [0.4, 0.5) is 0 Å². The lowest BCUT2D eigenvalue weighted by molar-refractivity contribution is -0.116. The van der Waals surface area contributed by atoms with E-state index in [-0.39, 0.29) is 5.78 Å². The topological polar surface area (TPSA) is 60.7 Å². The van der Waals surface area contributed by atoms with Crippen LogP contribution in [0.1, 0.15) is 23.6 Å². The van der Waals surface area contributed by atoms with Gasteiger partial charge in [-0.05, 0) is 31.9 Å². The summed E-state index contributed by atoms with van der Waals surface area (Å²) in [6.45, 7) is 6.92. The predicted molar refractivity (Wildman–Crippen MR) is 104 cm³/mol. The number of rotatable bonds is 7. The van der Waals surface area contributed by atoms with Crippen molar-refractivity contribution in [1.29, 1.82) is 0 Å². The van der Waals surface area contributed by atoms with Gasteiger partial charge < -0.3 is 4.57 Å². The fourth-order valence-electron chi connectivity index (χ4n) is 2.81. The number of imidazole rings is 1. The Morgan fingerprint density at radius 3 is 2.73 bits per heavy atom. The van der Waals surface area contributed by atoms with Gasteiger partial charge in [-0.15, -0.1) is 0 Å². The van der Waals surface area contributed by atoms with Gasteiger partial charge in [-0.25, -0.2) is 9.97 Å². The zero-order valence-electron chi connectivity index (χ0n) is 15.3. The first-order valence-electron chi connectivity index (χ1n) is 8.61. The maximum atomic E-state index is 12.5. The molecule has 0 amide bonds. The van der Waals surface area contributed by atoms with Gasteiger partial charge in [-0.3, -0.25) is 9.78 Å². The number of thioether (sulfide) groups is 1. The van der Waals surface area contributed by atoms with Gasteiger partial charge in [-0.2, -0.15) is 0 Å². The van der Waals surface area contributed by atoms with Crippen LogP contribution in [-0.4, -0.2) is 31.1 Å². The molecule has 0 saturated carbocycles. The van der Waals surface area contributed by atoms with E-state index in [1.165, 1.54) is 17.3 Å². The molecule has 26 heavy (non-hydrogen) atoms. The number of ketones is 1. The van der Waals surface area contributed by atoms with E-state index in [1.807, 2.05) is 6.20 Å². The molecular formula is C20H22N4OS. The van der Waals surface area contributed by atoms with Gasteiger partial charge in [0.1, 0.15) is 11.5 Å². The Morgan fingerprint density at radius 1 is 1.15 bits per heavy atom. The molecule has 0 aliphatic rings. The molecule has 0 bridgehead atoms. The van der Waals surface area contributed by atoms with Gasteiger partial charge in [0.15, 0.2) is 5.82 Å². The minimum atomic E-state index is 0.216. The van der Waals surface area contributed by atoms with Crippen LogP contribution in [0.15, 0.2) is 48.0 Å². The second-order valence-corrected chi connectivity index (χ2v) is 7.18. The third-order valence-electron chi connectivity index (χ3n) is 4.20. The van der Waals surface area contributed by atoms with Crippen LogP contribution >= 0.6 is 11.8 Å². The third kappa shape index (κ3) is 4.19. The second-order valence-electron chi connectivity index (χ2n) is 6.19. The fraction of sp³-hybridized carbons (Fsp3) is 0.300. The average molecular weight is 366 g/mol. The summed E-state index contributed by atoms with van der Waals surface area (Å²) in [6, 6.07) is 6.25. The molecule has 0 aliphatic carbocycles. The Morgan fingerprint density at radius 2 is 2.00 bits per heavy atom. The number of Topliss-reactive ketones (excluding diaryl/α,β-unsaturated/α-hetero) is 1. The lowest BCUT2D eigenvalue weighted by atomic mass is 10.0. The molecule has 5 nitrogen and oxygen atoms in total. The third-order valence-corrected chi connectivity index (χ3v) is 5.29. The smallest absolute Gasteiger partial charge is 0.161 e. The van der Waals surface area contributed by atoms with Crippen molar-refractivity contribution in [3.63, 3.8) is 0 Å². The summed E-state index contributed by atoms with van der Waals surface area (Å²) in [4.78, 5) is 25.3. The molecule has 1 aromatic carbocycles. The number of nitrogens with zero attached hydrogens (tertiary/aromatic N) is 4. The Hall–Kier alpha value is -2.47. The average Bonchev–Trinajstić information content (AvgIpc) is 3.06. The van der Waals surface area contributed by atoms with Gasteiger partial charge in [-0.1, -0.05) is 35.5 Å². The fourth-order valence-corrected chi connectivity index (χ4v) is 3.72. The van der Waals surface area contributed by atoms with Crippen LogP contribution in [0.5, 0.6) is 0 Å². The normalized spacial score (nSPS) is 10.9. The summed E-state index contributed by atoms with van der Waals surface area (Å²) in [5, 5.41) is 0.975. The molecule has 0 N–H and O–H groups in total. The molecule has 3 rings (SSSR count). The van der Waals surface area contributed by atoms with Crippen molar-refractivity contribution in [3.05, 3.63) is 59.7 Å². The first-order valence-corrected chi connectivity index (χ1v) is 9.59. The molecule has 0 spiro atoms. The lowest BCUT2D eigenvalue weighted by Gasteiger charge is -2.09. The molecule has 0 radical (unpaired) electrons. The van der Waals surface area contributed by atoms with Gasteiger partial charge in [0, 0.05) is 25.4 Å². The number of aromatic nitrogens is 4. The Balaban J connectivity index is 1.69. The van der Waals surface area contributed by atoms with E-state index in [0.717, 1.165) is 34.2 Å². The molecule has 3 aromatic rings. The second kappa shape index (κ2) is 8.27. The quantitative estimate of drug-likeness (QED) is 0.594. The zero-order valence-corrected chi connectivity index (χ0v) is 16.1. The Labute approximate surface area is 157 Å². The maximum absolute atomic E-state index is 12.5. The number of aryl methyl sites for hydroxylation is 2. The highest BCUT2D eigenvalue weighted by Gasteiger charge is 2.14. The van der Waals surface area contributed by atoms with E-state index in [9.17, 15) is 4.79 Å². The largest absolute Gasteiger partial charge is 0.318 e. The first kappa shape index (κ1) is 18.3. The summed E-state index contributed by atoms with van der Waals surface area (Å²) in [5.74, 6) is 1.43. The van der Waals surface area contributed by atoms with E-state index in [2.05, 4.69) is 58.5 Å². The van der Waals surface area contributed by atoms with Gasteiger partial charge in [0.2, 0.25) is 0 Å². The minimum Gasteiger partial charge on any atom is -0.318 e. The van der Waals surface area contributed by atoms with E-state index in [4.69, 9.17) is 0 Å². The number of hydrogen-bond donors (Lipinski definition) is 0. The molecular weight excluding hydrogens is 344 g/mol. The van der Waals surface area contributed by atoms with Crippen LogP contribution in [0, 0.1) is 13.8 Å². The standard InChI is InChI=1S/C20H22N4OS/c1-4-24-19(12-23-20(24)18-11-21-7-8-22-18)26-13-17(25)10-16-9-14(2)5-6-15(16)3/h5-9,11-12H,4,10,13H2,1-3H3. The minimum absolute atomic E-state index is 0.216. The molecule has 134 valence electrons. The van der Waals surface area contributed by atoms with E-state index in [0.29, 0.717) is 12.2 Å². The first-order chi connectivity index (χ1) is 12.6. The van der Waals surface area contributed by atoms with Crippen molar-refractivity contribution < 1.29 is 4.79 Å². The molecule has 0 unspecified atom stereocenters. The van der Waals surface area contributed by atoms with Crippen molar-refractivity contribution in [3.8, 4) is 11.5 Å².